The summed E-state index contributed by atoms with van der Waals surface area (Å²) in [6.07, 6.45) is 4.04. The molecule has 11 nitrogen and oxygen atoms in total. The minimum absolute atomic E-state index is 0.0714. The molecule has 0 bridgehead atoms. The lowest BCUT2D eigenvalue weighted by atomic mass is 9.88. The molecule has 13 heteroatoms. The third-order valence-corrected chi connectivity index (χ3v) is 8.12. The first kappa shape index (κ1) is 30.0. The van der Waals surface area contributed by atoms with E-state index in [0.29, 0.717) is 57.1 Å². The van der Waals surface area contributed by atoms with Gasteiger partial charge in [-0.25, -0.2) is 23.9 Å². The van der Waals surface area contributed by atoms with E-state index >= 15 is 0 Å². The van der Waals surface area contributed by atoms with Crippen molar-refractivity contribution in [2.24, 2.45) is 0 Å². The Labute approximate surface area is 253 Å². The van der Waals surface area contributed by atoms with Gasteiger partial charge in [-0.15, -0.1) is 0 Å². The number of urea groups is 1. The fourth-order valence-corrected chi connectivity index (χ4v) is 5.59. The molecule has 2 aromatic heterocycles. The van der Waals surface area contributed by atoms with Crippen LogP contribution in [0.1, 0.15) is 52.2 Å². The summed E-state index contributed by atoms with van der Waals surface area (Å²) in [5, 5.41) is 15.0. The SMILES string of the molecule is C[C@H](COc1cnc(C(=O)NCCN2CC3(CCN(c4cnc(C(=O)O)c(F)c4)CC3)NC2=O)c(Cl)c1)c1ccccc1. The summed E-state index contributed by atoms with van der Waals surface area (Å²) < 4.78 is 19.9. The number of aromatic carboxylic acids is 1. The first-order valence-electron chi connectivity index (χ1n) is 14.0. The van der Waals surface area contributed by atoms with Crippen molar-refractivity contribution in [1.82, 2.24) is 25.5 Å². The van der Waals surface area contributed by atoms with Crippen LogP contribution in [0.25, 0.3) is 0 Å². The molecular formula is C30H32ClFN6O5. The van der Waals surface area contributed by atoms with Crippen LogP contribution in [-0.2, 0) is 0 Å². The fourth-order valence-electron chi connectivity index (χ4n) is 5.35. The summed E-state index contributed by atoms with van der Waals surface area (Å²) >= 11 is 6.34. The van der Waals surface area contributed by atoms with Crippen LogP contribution in [0, 0.1) is 5.82 Å². The van der Waals surface area contributed by atoms with Crippen molar-refractivity contribution < 1.29 is 28.6 Å². The largest absolute Gasteiger partial charge is 0.491 e. The average molecular weight is 611 g/mol. The predicted octanol–water partition coefficient (Wildman–Crippen LogP) is 3.94. The first-order chi connectivity index (χ1) is 20.6. The number of nitrogens with zero attached hydrogens (tertiary/aromatic N) is 4. The third-order valence-electron chi connectivity index (χ3n) is 7.83. The van der Waals surface area contributed by atoms with Gasteiger partial charge in [0.1, 0.15) is 11.4 Å². The number of piperidine rings is 1. The number of rotatable bonds is 10. The molecule has 3 amide bonds. The Morgan fingerprint density at radius 2 is 1.88 bits per heavy atom. The molecule has 2 fully saturated rings. The zero-order valence-electron chi connectivity index (χ0n) is 23.6. The van der Waals surface area contributed by atoms with E-state index in [1.807, 2.05) is 35.2 Å². The summed E-state index contributed by atoms with van der Waals surface area (Å²) in [6.45, 7) is 4.53. The molecule has 2 aliphatic heterocycles. The maximum Gasteiger partial charge on any atom is 0.357 e. The number of benzene rings is 1. The van der Waals surface area contributed by atoms with E-state index in [9.17, 15) is 18.8 Å². The van der Waals surface area contributed by atoms with E-state index in [1.54, 1.807) is 11.0 Å². The number of carbonyl (C=O) groups excluding carboxylic acids is 2. The molecule has 5 rings (SSSR count). The van der Waals surface area contributed by atoms with Crippen LogP contribution in [0.5, 0.6) is 5.75 Å². The second-order valence-electron chi connectivity index (χ2n) is 10.8. The maximum atomic E-state index is 14.1. The number of ether oxygens (including phenoxy) is 1. The molecule has 3 aromatic rings. The van der Waals surface area contributed by atoms with Crippen LogP contribution >= 0.6 is 11.6 Å². The van der Waals surface area contributed by atoms with Crippen molar-refractivity contribution in [3.05, 3.63) is 82.6 Å². The van der Waals surface area contributed by atoms with E-state index < -0.39 is 28.9 Å². The van der Waals surface area contributed by atoms with E-state index in [1.165, 1.54) is 18.5 Å². The fraction of sp³-hybridized carbons (Fsp3) is 0.367. The molecule has 0 unspecified atom stereocenters. The Hall–Kier alpha value is -4.45. The molecule has 4 heterocycles. The highest BCUT2D eigenvalue weighted by molar-refractivity contribution is 6.33. The monoisotopic (exact) mass is 610 g/mol. The van der Waals surface area contributed by atoms with Gasteiger partial charge in [0.05, 0.1) is 35.2 Å². The van der Waals surface area contributed by atoms with Crippen molar-refractivity contribution in [2.45, 2.75) is 31.2 Å². The van der Waals surface area contributed by atoms with Gasteiger partial charge >= 0.3 is 12.0 Å². The number of carboxylic acid groups (broad SMARTS) is 1. The Kier molecular flexibility index (Phi) is 8.95. The van der Waals surface area contributed by atoms with Gasteiger partial charge in [0.2, 0.25) is 0 Å². The number of carboxylic acids is 1. The number of pyridine rings is 2. The maximum absolute atomic E-state index is 14.1. The number of nitrogens with one attached hydrogen (secondary N) is 2. The van der Waals surface area contributed by atoms with Gasteiger partial charge < -0.3 is 30.3 Å². The standard InChI is InChI=1S/C30H32ClFN6O5/c1-19(20-5-3-2-4-6-20)17-43-22-14-23(31)25(35-16-22)27(39)33-9-12-38-18-30(36-29(38)42)7-10-37(11-8-30)21-13-24(32)26(28(40)41)34-15-21/h2-6,13-16,19H,7-12,17-18H2,1H3,(H,33,39)(H,36,42)(H,40,41)/t19-/m1/s1. The summed E-state index contributed by atoms with van der Waals surface area (Å²) in [4.78, 5) is 48.0. The van der Waals surface area contributed by atoms with Crippen LogP contribution in [0.4, 0.5) is 14.9 Å². The van der Waals surface area contributed by atoms with E-state index in [-0.39, 0.29) is 29.2 Å². The summed E-state index contributed by atoms with van der Waals surface area (Å²) in [7, 11) is 0. The molecule has 0 saturated carbocycles. The number of carbonyl (C=O) groups is 3. The molecule has 43 heavy (non-hydrogen) atoms. The smallest absolute Gasteiger partial charge is 0.357 e. The number of anilines is 1. The zero-order chi connectivity index (χ0) is 30.6. The molecule has 1 aromatic carbocycles. The second kappa shape index (κ2) is 12.8. The van der Waals surface area contributed by atoms with E-state index in [0.717, 1.165) is 5.56 Å². The zero-order valence-corrected chi connectivity index (χ0v) is 24.3. The van der Waals surface area contributed by atoms with Crippen LogP contribution in [0.15, 0.2) is 54.9 Å². The van der Waals surface area contributed by atoms with Crippen molar-refractivity contribution >= 4 is 35.2 Å². The van der Waals surface area contributed by atoms with Gasteiger partial charge in [-0.05, 0) is 18.4 Å². The van der Waals surface area contributed by atoms with Crippen LogP contribution in [0.3, 0.4) is 0 Å². The number of aromatic nitrogens is 2. The molecular weight excluding hydrogens is 579 g/mol. The molecule has 1 atom stereocenters. The topological polar surface area (TPSA) is 137 Å². The van der Waals surface area contributed by atoms with Gasteiger partial charge in [-0.2, -0.15) is 0 Å². The quantitative estimate of drug-likeness (QED) is 0.314. The molecule has 0 radical (unpaired) electrons. The van der Waals surface area contributed by atoms with Gasteiger partial charge in [0.15, 0.2) is 11.5 Å². The van der Waals surface area contributed by atoms with E-state index in [2.05, 4.69) is 27.5 Å². The first-order valence-corrected chi connectivity index (χ1v) is 14.3. The summed E-state index contributed by atoms with van der Waals surface area (Å²) in [6, 6.07) is 12.5. The molecule has 1 spiro atoms. The Morgan fingerprint density at radius 1 is 1.16 bits per heavy atom. The lowest BCUT2D eigenvalue weighted by Crippen LogP contribution is -2.52. The normalized spacial score (nSPS) is 16.6. The molecule has 2 saturated heterocycles. The Bertz CT molecular complexity index is 1500. The predicted molar refractivity (Wildman–Crippen MR) is 157 cm³/mol. The second-order valence-corrected chi connectivity index (χ2v) is 11.2. The number of hydrogen-bond donors (Lipinski definition) is 3. The van der Waals surface area contributed by atoms with Crippen molar-refractivity contribution in [1.29, 1.82) is 0 Å². The van der Waals surface area contributed by atoms with Crippen LogP contribution in [-0.4, -0.2) is 82.8 Å². The highest BCUT2D eigenvalue weighted by Gasteiger charge is 2.44. The number of halogens is 2. The highest BCUT2D eigenvalue weighted by Crippen LogP contribution is 2.31. The Balaban J connectivity index is 1.08. The van der Waals surface area contributed by atoms with Crippen LogP contribution in [0.2, 0.25) is 5.02 Å². The molecule has 3 N–H and O–H groups in total. The van der Waals surface area contributed by atoms with Gasteiger partial charge in [0.25, 0.3) is 5.91 Å². The molecule has 226 valence electrons. The number of hydrogen-bond acceptors (Lipinski definition) is 7. The average Bonchev–Trinajstić information content (AvgIpc) is 3.30. The van der Waals surface area contributed by atoms with Gasteiger partial charge in [0, 0.05) is 50.8 Å². The lowest BCUT2D eigenvalue weighted by molar-refractivity contribution is 0.0684. The van der Waals surface area contributed by atoms with Crippen LogP contribution < -0.4 is 20.3 Å². The number of amides is 3. The van der Waals surface area contributed by atoms with Crippen molar-refractivity contribution in [3.8, 4) is 5.75 Å². The van der Waals surface area contributed by atoms with Gasteiger partial charge in [-0.1, -0.05) is 48.9 Å². The summed E-state index contributed by atoms with van der Waals surface area (Å²) in [5.74, 6) is -2.13. The van der Waals surface area contributed by atoms with Crippen molar-refractivity contribution in [3.63, 3.8) is 0 Å². The van der Waals surface area contributed by atoms with Gasteiger partial charge in [-0.3, -0.25) is 4.79 Å². The minimum atomic E-state index is -1.42. The third kappa shape index (κ3) is 6.96. The molecule has 2 aliphatic rings. The van der Waals surface area contributed by atoms with Crippen molar-refractivity contribution in [2.75, 3.05) is 44.2 Å². The summed E-state index contributed by atoms with van der Waals surface area (Å²) in [5.41, 5.74) is 0.663. The highest BCUT2D eigenvalue weighted by atomic mass is 35.5. The van der Waals surface area contributed by atoms with E-state index in [4.69, 9.17) is 21.4 Å². The lowest BCUT2D eigenvalue weighted by Gasteiger charge is -2.39. The molecule has 0 aliphatic carbocycles. The Morgan fingerprint density at radius 3 is 2.56 bits per heavy atom. The minimum Gasteiger partial charge on any atom is -0.491 e.